The molecule has 2 aromatic carbocycles. The number of carbonyl (C=O) groups is 1. The van der Waals surface area contributed by atoms with Crippen LogP contribution in [0.2, 0.25) is 0 Å². The van der Waals surface area contributed by atoms with Gasteiger partial charge in [-0.2, -0.15) is 0 Å². The maximum absolute atomic E-state index is 11.6. The van der Waals surface area contributed by atoms with E-state index < -0.39 is 6.29 Å². The molecule has 0 radical (unpaired) electrons. The van der Waals surface area contributed by atoms with Crippen molar-refractivity contribution in [1.29, 1.82) is 0 Å². The number of aliphatic imine (C=N–C) groups is 2. The molecule has 352 valence electrons. The van der Waals surface area contributed by atoms with Gasteiger partial charge in [-0.05, 0) is 64.5 Å². The third kappa shape index (κ3) is 12.8. The molecule has 0 bridgehead atoms. The van der Waals surface area contributed by atoms with Gasteiger partial charge in [0.15, 0.2) is 23.3 Å². The number of aromatic nitrogens is 7. The topological polar surface area (TPSA) is 298 Å². The lowest BCUT2D eigenvalue weighted by atomic mass is 10.0. The monoisotopic (exact) mass is 904 g/mol. The largest absolute Gasteiger partial charge is 1.00 e. The van der Waals surface area contributed by atoms with Crippen molar-refractivity contribution in [2.75, 3.05) is 32.0 Å². The maximum atomic E-state index is 11.6. The molecule has 7 aromatic rings. The number of aryl methyl sites for hydroxylation is 2. The second kappa shape index (κ2) is 24.3. The van der Waals surface area contributed by atoms with Crippen LogP contribution in [0.25, 0.3) is 50.0 Å². The predicted molar refractivity (Wildman–Crippen MR) is 265 cm³/mol. The van der Waals surface area contributed by atoms with Gasteiger partial charge in [0.05, 0.1) is 29.0 Å². The van der Waals surface area contributed by atoms with Crippen molar-refractivity contribution in [1.82, 2.24) is 34.3 Å². The lowest BCUT2D eigenvalue weighted by Gasteiger charge is -2.18. The number of nitrogens with zero attached hydrogens (tertiary/aromatic N) is 7. The highest BCUT2D eigenvalue weighted by atomic mass is 16.7. The van der Waals surface area contributed by atoms with Crippen LogP contribution in [0.3, 0.4) is 0 Å². The van der Waals surface area contributed by atoms with Crippen molar-refractivity contribution in [3.05, 3.63) is 90.4 Å². The van der Waals surface area contributed by atoms with Crippen LogP contribution in [0.1, 0.15) is 91.7 Å². The summed E-state index contributed by atoms with van der Waals surface area (Å²) in [5.41, 5.74) is 36.1. The molecule has 0 unspecified atom stereocenters. The van der Waals surface area contributed by atoms with E-state index in [1.807, 2.05) is 82.7 Å². The Kier molecular flexibility index (Phi) is 18.4. The van der Waals surface area contributed by atoms with Crippen LogP contribution in [0.5, 0.6) is 5.88 Å². The molecule has 0 aliphatic rings. The summed E-state index contributed by atoms with van der Waals surface area (Å²) >= 11 is 0. The molecule has 5 aromatic heterocycles. The predicted octanol–water partition coefficient (Wildman–Crippen LogP) is 6.83. The van der Waals surface area contributed by atoms with Crippen molar-refractivity contribution in [3.63, 3.8) is 0 Å². The minimum absolute atomic E-state index is 0. The number of nitrogens with two attached hydrogens (primary N) is 5. The Morgan fingerprint density at radius 1 is 0.773 bits per heavy atom. The van der Waals surface area contributed by atoms with E-state index in [1.165, 1.54) is 0 Å². The van der Waals surface area contributed by atoms with Gasteiger partial charge >= 0.3 is 1.43 Å². The second-order valence-electron chi connectivity index (χ2n) is 15.8. The first-order chi connectivity index (χ1) is 31.8. The molecule has 13 N–H and O–H groups in total. The molecule has 18 nitrogen and oxygen atoms in total. The average molecular weight is 904 g/mol. The van der Waals surface area contributed by atoms with Gasteiger partial charge in [0, 0.05) is 89.7 Å². The number of nitrogens with one attached hydrogen (secondary N) is 2. The van der Waals surface area contributed by atoms with Crippen LogP contribution >= 0.6 is 0 Å². The zero-order chi connectivity index (χ0) is 47.8. The number of fused-ring (bicyclic) bond motifs is 3. The molecular formula is C48H67N14O4+. The number of Topliss-reactive ketones (excluding diaryl/α,β-unsaturated/α-hetero) is 1. The number of hydrogen-bond donors (Lipinski definition) is 8. The molecule has 2 atom stereocenters. The number of ether oxygens (including phenoxy) is 2. The summed E-state index contributed by atoms with van der Waals surface area (Å²) in [4.78, 5) is 44.8. The van der Waals surface area contributed by atoms with Gasteiger partial charge < -0.3 is 53.2 Å². The van der Waals surface area contributed by atoms with Crippen molar-refractivity contribution >= 4 is 51.0 Å². The number of anilines is 1. The first-order valence-electron chi connectivity index (χ1n) is 22.5. The molecule has 7 rings (SSSR count). The number of aromatic hydroxyl groups is 1. The van der Waals surface area contributed by atoms with E-state index in [0.717, 1.165) is 81.4 Å². The number of ketones is 1. The fourth-order valence-corrected chi connectivity index (χ4v) is 7.11. The van der Waals surface area contributed by atoms with Crippen molar-refractivity contribution < 1.29 is 20.8 Å². The van der Waals surface area contributed by atoms with Crippen LogP contribution in [-0.2, 0) is 27.1 Å². The number of nitrogen functional groups attached to an aromatic ring is 1. The Morgan fingerprint density at radius 2 is 1.30 bits per heavy atom. The molecule has 0 saturated heterocycles. The quantitative estimate of drug-likeness (QED) is 0.0179. The summed E-state index contributed by atoms with van der Waals surface area (Å²) in [5.74, 6) is 1.01. The highest BCUT2D eigenvalue weighted by Crippen LogP contribution is 2.34. The van der Waals surface area contributed by atoms with Gasteiger partial charge in [-0.15, -0.1) is 0 Å². The molecule has 0 spiro atoms. The van der Waals surface area contributed by atoms with Gasteiger partial charge in [0.25, 0.3) is 0 Å². The minimum Gasteiger partial charge on any atom is -0.493 e. The van der Waals surface area contributed by atoms with Crippen LogP contribution in [0.4, 0.5) is 5.82 Å². The van der Waals surface area contributed by atoms with E-state index in [1.54, 1.807) is 10.6 Å². The SMILES string of the molecule is CCOC(OCC)C(=O)[C@@H](C)CC.CC[C@H](C)c1nc2c(CCCN=C(N)N)nc(-c3c[nH]c4ccccc34)cn2c1O.NC(N)=NCCCc1nc(-c2c[nH]c3ccccc23)cnc1N.[H+]. The molecule has 0 saturated carbocycles. The Hall–Kier alpha value is -7.05. The number of rotatable bonds is 19. The molecule has 0 aliphatic carbocycles. The lowest BCUT2D eigenvalue weighted by Crippen LogP contribution is -2.31. The standard InChI is InChI=1S/C22H27N7O.C16H19N7.C10H20O3/c1-3-13(2)19-21(30)29-12-18(15-11-26-16-8-5-4-7-14(15)16)27-17(20(29)28-19)9-6-10-25-22(23)24;17-15-13(6-3-7-20-16(18)19)23-14(9-22-15)11-8-21-12-5-2-1-4-10(11)12;1-5-8(4)9(11)10(12-6-2)13-7-3/h4-5,7-8,11-13,26,30H,3,6,9-10H2,1-2H3,(H4,23,24,25);1-2,4-5,8-9,21H,3,6-7H2,(H2,17,22)(H4,18,19,20);8,10H,5-7H2,1-4H3/p+1/t13-;;8-/m0.0/s1. The number of para-hydroxylation sites is 2. The third-order valence-corrected chi connectivity index (χ3v) is 11.1. The van der Waals surface area contributed by atoms with Gasteiger partial charge in [0.1, 0.15) is 11.5 Å². The van der Waals surface area contributed by atoms with Crippen LogP contribution in [0.15, 0.2) is 83.3 Å². The number of aromatic amines is 2. The molecule has 0 amide bonds. The van der Waals surface area contributed by atoms with Crippen LogP contribution in [-0.4, -0.2) is 89.7 Å². The molecular weight excluding hydrogens is 837 g/mol. The summed E-state index contributed by atoms with van der Waals surface area (Å²) in [7, 11) is 0. The molecule has 0 aliphatic heterocycles. The van der Waals surface area contributed by atoms with Crippen LogP contribution in [0, 0.1) is 5.92 Å². The zero-order valence-electron chi connectivity index (χ0n) is 39.9. The van der Waals surface area contributed by atoms with E-state index in [2.05, 4.69) is 55.9 Å². The number of H-pyrrole nitrogens is 2. The third-order valence-electron chi connectivity index (χ3n) is 11.1. The summed E-state index contributed by atoms with van der Waals surface area (Å²) in [5, 5.41) is 13.1. The number of guanidine groups is 2. The van der Waals surface area contributed by atoms with Crippen molar-refractivity contribution in [3.8, 4) is 28.4 Å². The Labute approximate surface area is 387 Å². The minimum atomic E-state index is -0.662. The molecule has 0 fully saturated rings. The number of imidazole rings is 1. The van der Waals surface area contributed by atoms with Gasteiger partial charge in [-0.3, -0.25) is 19.2 Å². The summed E-state index contributed by atoms with van der Waals surface area (Å²) in [6, 6.07) is 16.2. The normalized spacial score (nSPS) is 12.0. The number of benzene rings is 2. The van der Waals surface area contributed by atoms with E-state index in [9.17, 15) is 9.90 Å². The van der Waals surface area contributed by atoms with E-state index >= 15 is 0 Å². The Bertz CT molecular complexity index is 2710. The van der Waals surface area contributed by atoms with E-state index in [-0.39, 0.29) is 36.8 Å². The van der Waals surface area contributed by atoms with Gasteiger partial charge in [-0.25, -0.2) is 19.9 Å². The lowest BCUT2D eigenvalue weighted by molar-refractivity contribution is -0.171. The smallest absolute Gasteiger partial charge is 0.493 e. The number of carbonyl (C=O) groups excluding carboxylic acids is 1. The summed E-state index contributed by atoms with van der Waals surface area (Å²) in [6.45, 7) is 13.8. The summed E-state index contributed by atoms with van der Waals surface area (Å²) < 4.78 is 12.1. The maximum Gasteiger partial charge on any atom is 1.00 e. The molecule has 5 heterocycles. The first kappa shape index (κ1) is 50.0. The van der Waals surface area contributed by atoms with E-state index in [0.29, 0.717) is 56.3 Å². The number of hydrogen-bond acceptors (Lipinski definition) is 11. The van der Waals surface area contributed by atoms with Crippen molar-refractivity contribution in [2.24, 2.45) is 38.8 Å². The average Bonchev–Trinajstić information content (AvgIpc) is 4.05. The fourth-order valence-electron chi connectivity index (χ4n) is 7.11. The molecule has 66 heavy (non-hydrogen) atoms. The first-order valence-corrected chi connectivity index (χ1v) is 22.5. The van der Waals surface area contributed by atoms with E-state index in [4.69, 9.17) is 48.1 Å². The van der Waals surface area contributed by atoms with Gasteiger partial charge in [-0.1, -0.05) is 64.1 Å². The second-order valence-corrected chi connectivity index (χ2v) is 15.8. The van der Waals surface area contributed by atoms with Gasteiger partial charge in [0.2, 0.25) is 12.2 Å². The van der Waals surface area contributed by atoms with Crippen LogP contribution < -0.4 is 28.7 Å². The summed E-state index contributed by atoms with van der Waals surface area (Å²) in [6.07, 6.45) is 11.3. The highest BCUT2D eigenvalue weighted by Gasteiger charge is 2.24. The highest BCUT2D eigenvalue weighted by molar-refractivity contribution is 5.95. The van der Waals surface area contributed by atoms with Crippen molar-refractivity contribution in [2.45, 2.75) is 92.3 Å². The fraction of sp³-hybridized carbons (Fsp3) is 0.396. The Balaban J connectivity index is 0.000000236. The molecule has 18 heteroatoms. The zero-order valence-corrected chi connectivity index (χ0v) is 38.9. The Morgan fingerprint density at radius 3 is 1.83 bits per heavy atom.